The molecule has 0 aliphatic carbocycles. The van der Waals surface area contributed by atoms with Crippen molar-refractivity contribution in [2.24, 2.45) is 0 Å². The van der Waals surface area contributed by atoms with E-state index in [9.17, 15) is 9.59 Å². The molecule has 0 atom stereocenters. The maximum atomic E-state index is 9.55. The SMILES string of the molecule is O=C(O)/C=C\C(=O)O.c1ncc2cc[nH]c2n1. The van der Waals surface area contributed by atoms with Crippen LogP contribution >= 0.6 is 0 Å². The molecule has 7 nitrogen and oxygen atoms in total. The van der Waals surface area contributed by atoms with Crippen LogP contribution in [0.2, 0.25) is 0 Å². The van der Waals surface area contributed by atoms with Crippen molar-refractivity contribution < 1.29 is 19.8 Å². The summed E-state index contributed by atoms with van der Waals surface area (Å²) in [6.07, 6.45) is 6.27. The Balaban J connectivity index is 0.000000172. The lowest BCUT2D eigenvalue weighted by molar-refractivity contribution is -0.134. The number of hydrogen-bond donors (Lipinski definition) is 3. The molecule has 3 N–H and O–H groups in total. The third-order valence-corrected chi connectivity index (χ3v) is 1.59. The Labute approximate surface area is 95.4 Å². The summed E-state index contributed by atoms with van der Waals surface area (Å²) in [5, 5.41) is 16.7. The minimum Gasteiger partial charge on any atom is -0.478 e. The second-order valence-electron chi connectivity index (χ2n) is 2.81. The zero-order valence-corrected chi connectivity index (χ0v) is 8.57. The lowest BCUT2D eigenvalue weighted by atomic mass is 10.4. The van der Waals surface area contributed by atoms with E-state index < -0.39 is 11.9 Å². The summed E-state index contributed by atoms with van der Waals surface area (Å²) >= 11 is 0. The monoisotopic (exact) mass is 235 g/mol. The number of aromatic amines is 1. The predicted octanol–water partition coefficient (Wildman–Crippen LogP) is 0.670. The zero-order valence-electron chi connectivity index (χ0n) is 8.57. The molecule has 0 saturated carbocycles. The van der Waals surface area contributed by atoms with Gasteiger partial charge in [0.2, 0.25) is 0 Å². The van der Waals surface area contributed by atoms with E-state index in [4.69, 9.17) is 10.2 Å². The fourth-order valence-corrected chi connectivity index (χ4v) is 0.936. The number of carbonyl (C=O) groups is 2. The van der Waals surface area contributed by atoms with Crippen LogP contribution in [0.3, 0.4) is 0 Å². The minimum absolute atomic E-state index is 0.558. The topological polar surface area (TPSA) is 116 Å². The molecule has 2 aromatic rings. The molecule has 0 aliphatic heterocycles. The van der Waals surface area contributed by atoms with Crippen LogP contribution in [-0.4, -0.2) is 37.1 Å². The van der Waals surface area contributed by atoms with Gasteiger partial charge in [-0.25, -0.2) is 19.6 Å². The molecule has 0 fully saturated rings. The Morgan fingerprint density at radius 1 is 1.24 bits per heavy atom. The van der Waals surface area contributed by atoms with Crippen molar-refractivity contribution in [1.82, 2.24) is 15.0 Å². The standard InChI is InChI=1S/C6H5N3.C4H4O4/c1-2-8-6-5(1)3-7-4-9-6;5-3(6)1-2-4(7)8/h1-4H,(H,7,8,9);1-2H,(H,5,6)(H,7,8)/b;2-1-. The number of nitrogens with zero attached hydrogens (tertiary/aromatic N) is 2. The Morgan fingerprint density at radius 2 is 1.88 bits per heavy atom. The smallest absolute Gasteiger partial charge is 0.328 e. The van der Waals surface area contributed by atoms with Crippen LogP contribution in [0.25, 0.3) is 11.0 Å². The molecule has 0 radical (unpaired) electrons. The fourth-order valence-electron chi connectivity index (χ4n) is 0.936. The minimum atomic E-state index is -1.26. The molecule has 2 heterocycles. The molecular weight excluding hydrogens is 226 g/mol. The first-order chi connectivity index (χ1) is 8.09. The number of rotatable bonds is 2. The summed E-state index contributed by atoms with van der Waals surface area (Å²) < 4.78 is 0. The molecular formula is C10H9N3O4. The quantitative estimate of drug-likeness (QED) is 0.658. The van der Waals surface area contributed by atoms with Crippen molar-refractivity contribution in [1.29, 1.82) is 0 Å². The molecule has 0 saturated heterocycles. The van der Waals surface area contributed by atoms with Gasteiger partial charge in [0.1, 0.15) is 12.0 Å². The molecule has 0 aromatic carbocycles. The Hall–Kier alpha value is -2.70. The third-order valence-electron chi connectivity index (χ3n) is 1.59. The van der Waals surface area contributed by atoms with E-state index >= 15 is 0 Å². The van der Waals surface area contributed by atoms with Crippen LogP contribution in [0.5, 0.6) is 0 Å². The van der Waals surface area contributed by atoms with Crippen LogP contribution in [0.1, 0.15) is 0 Å². The number of nitrogens with one attached hydrogen (secondary N) is 1. The van der Waals surface area contributed by atoms with Crippen LogP contribution in [0.4, 0.5) is 0 Å². The van der Waals surface area contributed by atoms with Crippen molar-refractivity contribution in [2.75, 3.05) is 0 Å². The molecule has 0 unspecified atom stereocenters. The van der Waals surface area contributed by atoms with E-state index in [1.54, 1.807) is 6.20 Å². The van der Waals surface area contributed by atoms with Crippen LogP contribution in [0.15, 0.2) is 36.9 Å². The van der Waals surface area contributed by atoms with Crippen molar-refractivity contribution in [3.05, 3.63) is 36.9 Å². The first-order valence-electron chi connectivity index (χ1n) is 4.46. The second kappa shape index (κ2) is 6.01. The van der Waals surface area contributed by atoms with E-state index in [0.717, 1.165) is 11.0 Å². The first-order valence-corrected chi connectivity index (χ1v) is 4.46. The van der Waals surface area contributed by atoms with Crippen LogP contribution in [-0.2, 0) is 9.59 Å². The first kappa shape index (κ1) is 12.4. The summed E-state index contributed by atoms with van der Waals surface area (Å²) in [6.45, 7) is 0. The number of fused-ring (bicyclic) bond motifs is 1. The maximum Gasteiger partial charge on any atom is 0.328 e. The van der Waals surface area contributed by atoms with Gasteiger partial charge in [-0.1, -0.05) is 0 Å². The number of carboxylic acids is 2. The van der Waals surface area contributed by atoms with Crippen molar-refractivity contribution in [3.8, 4) is 0 Å². The number of H-pyrrole nitrogens is 1. The lowest BCUT2D eigenvalue weighted by Crippen LogP contribution is -1.91. The Morgan fingerprint density at radius 3 is 2.41 bits per heavy atom. The molecule has 2 aromatic heterocycles. The van der Waals surface area contributed by atoms with Gasteiger partial charge in [0, 0.05) is 29.9 Å². The third kappa shape index (κ3) is 4.56. The van der Waals surface area contributed by atoms with Gasteiger partial charge in [0.25, 0.3) is 0 Å². The van der Waals surface area contributed by atoms with Gasteiger partial charge in [-0.15, -0.1) is 0 Å². The Bertz CT molecular complexity index is 501. The van der Waals surface area contributed by atoms with E-state index in [1.807, 2.05) is 12.3 Å². The highest BCUT2D eigenvalue weighted by atomic mass is 16.4. The summed E-state index contributed by atoms with van der Waals surface area (Å²) in [4.78, 5) is 29.9. The van der Waals surface area contributed by atoms with Gasteiger partial charge in [0.15, 0.2) is 0 Å². The van der Waals surface area contributed by atoms with Gasteiger partial charge in [0.05, 0.1) is 0 Å². The molecule has 0 spiro atoms. The molecule has 0 bridgehead atoms. The van der Waals surface area contributed by atoms with Crippen LogP contribution in [0, 0.1) is 0 Å². The fraction of sp³-hybridized carbons (Fsp3) is 0. The van der Waals surface area contributed by atoms with Gasteiger partial charge < -0.3 is 15.2 Å². The zero-order chi connectivity index (χ0) is 12.7. The highest BCUT2D eigenvalue weighted by Gasteiger charge is 1.89. The summed E-state index contributed by atoms with van der Waals surface area (Å²) in [7, 11) is 0. The van der Waals surface area contributed by atoms with Crippen LogP contribution < -0.4 is 0 Å². The normalized spacial score (nSPS) is 9.88. The molecule has 88 valence electrons. The lowest BCUT2D eigenvalue weighted by Gasteiger charge is -1.81. The highest BCUT2D eigenvalue weighted by molar-refractivity contribution is 5.89. The molecule has 0 aliphatic rings. The summed E-state index contributed by atoms with van der Waals surface area (Å²) in [5.41, 5.74) is 0.894. The molecule has 17 heavy (non-hydrogen) atoms. The Kier molecular flexibility index (Phi) is 4.37. The van der Waals surface area contributed by atoms with E-state index in [2.05, 4.69) is 15.0 Å². The summed E-state index contributed by atoms with van der Waals surface area (Å²) in [5.74, 6) is -2.51. The van der Waals surface area contributed by atoms with Crippen molar-refractivity contribution in [3.63, 3.8) is 0 Å². The molecule has 2 rings (SSSR count). The predicted molar refractivity (Wildman–Crippen MR) is 58.3 cm³/mol. The van der Waals surface area contributed by atoms with E-state index in [-0.39, 0.29) is 0 Å². The number of aromatic nitrogens is 3. The van der Waals surface area contributed by atoms with E-state index in [1.165, 1.54) is 6.33 Å². The highest BCUT2D eigenvalue weighted by Crippen LogP contribution is 2.03. The van der Waals surface area contributed by atoms with Gasteiger partial charge in [-0.3, -0.25) is 0 Å². The second-order valence-corrected chi connectivity index (χ2v) is 2.81. The maximum absolute atomic E-state index is 9.55. The molecule has 0 amide bonds. The van der Waals surface area contributed by atoms with Gasteiger partial charge in [-0.05, 0) is 6.07 Å². The average Bonchev–Trinajstić information content (AvgIpc) is 2.75. The van der Waals surface area contributed by atoms with Gasteiger partial charge in [-0.2, -0.15) is 0 Å². The van der Waals surface area contributed by atoms with Crippen molar-refractivity contribution >= 4 is 23.0 Å². The average molecular weight is 235 g/mol. The summed E-state index contributed by atoms with van der Waals surface area (Å²) in [6, 6.07) is 1.94. The number of aliphatic carboxylic acids is 2. The van der Waals surface area contributed by atoms with Gasteiger partial charge >= 0.3 is 11.9 Å². The molecule has 7 heteroatoms. The number of carboxylic acid groups (broad SMARTS) is 2. The largest absolute Gasteiger partial charge is 0.478 e. The van der Waals surface area contributed by atoms with Crippen molar-refractivity contribution in [2.45, 2.75) is 0 Å². The number of hydrogen-bond acceptors (Lipinski definition) is 4. The van der Waals surface area contributed by atoms with E-state index in [0.29, 0.717) is 12.2 Å².